The number of hydrogen-bond acceptors (Lipinski definition) is 4. The molecule has 3 atom stereocenters. The second kappa shape index (κ2) is 6.23. The molecule has 3 fully saturated rings. The van der Waals surface area contributed by atoms with Crippen LogP contribution in [0.25, 0.3) is 0 Å². The van der Waals surface area contributed by atoms with E-state index in [9.17, 15) is 9.90 Å². The van der Waals surface area contributed by atoms with Crippen LogP contribution >= 0.6 is 0 Å². The smallest absolute Gasteiger partial charge is 0.310 e. The maximum absolute atomic E-state index is 11.3. The van der Waals surface area contributed by atoms with Crippen LogP contribution in [-0.2, 0) is 14.3 Å². The van der Waals surface area contributed by atoms with Crippen LogP contribution in [0.15, 0.2) is 0 Å². The molecule has 3 aliphatic rings. The number of ether oxygens (including phenoxy) is 2. The number of carboxylic acids is 1. The summed E-state index contributed by atoms with van der Waals surface area (Å²) in [5, 5.41) is 9.25. The van der Waals surface area contributed by atoms with E-state index in [0.29, 0.717) is 13.2 Å². The summed E-state index contributed by atoms with van der Waals surface area (Å²) >= 11 is 0. The van der Waals surface area contributed by atoms with Crippen LogP contribution in [0.5, 0.6) is 0 Å². The molecule has 120 valence electrons. The van der Waals surface area contributed by atoms with Gasteiger partial charge in [0.2, 0.25) is 0 Å². The van der Waals surface area contributed by atoms with Crippen molar-refractivity contribution in [3.63, 3.8) is 0 Å². The Bertz CT molecular complexity index is 380. The number of hydrogen-bond donors (Lipinski definition) is 1. The van der Waals surface area contributed by atoms with E-state index in [1.165, 1.54) is 38.5 Å². The van der Waals surface area contributed by atoms with E-state index in [0.717, 1.165) is 13.0 Å². The van der Waals surface area contributed by atoms with Crippen molar-refractivity contribution in [2.75, 3.05) is 26.8 Å². The quantitative estimate of drug-likeness (QED) is 0.859. The van der Waals surface area contributed by atoms with E-state index in [1.54, 1.807) is 0 Å². The Morgan fingerprint density at radius 1 is 1.24 bits per heavy atom. The van der Waals surface area contributed by atoms with Crippen LogP contribution in [0.1, 0.15) is 44.9 Å². The van der Waals surface area contributed by atoms with Gasteiger partial charge in [0.25, 0.3) is 0 Å². The number of aliphatic carboxylic acids is 1. The van der Waals surface area contributed by atoms with Crippen LogP contribution in [0.4, 0.5) is 0 Å². The highest BCUT2D eigenvalue weighted by atomic mass is 16.5. The van der Waals surface area contributed by atoms with E-state index >= 15 is 0 Å². The van der Waals surface area contributed by atoms with Gasteiger partial charge < -0.3 is 14.6 Å². The molecule has 1 aliphatic carbocycles. The first kappa shape index (κ1) is 15.3. The molecular formula is C16H27NO4. The first-order chi connectivity index (χ1) is 10.1. The van der Waals surface area contributed by atoms with Gasteiger partial charge in [0.1, 0.15) is 0 Å². The Labute approximate surface area is 126 Å². The largest absolute Gasteiger partial charge is 0.481 e. The molecule has 3 rings (SSSR count). The highest BCUT2D eigenvalue weighted by Crippen LogP contribution is 2.42. The van der Waals surface area contributed by atoms with E-state index < -0.39 is 11.9 Å². The number of nitrogens with zero attached hydrogens (tertiary/aromatic N) is 1. The summed E-state index contributed by atoms with van der Waals surface area (Å²) in [6.45, 7) is 1.67. The van der Waals surface area contributed by atoms with Crippen LogP contribution in [0.2, 0.25) is 0 Å². The maximum atomic E-state index is 11.3. The summed E-state index contributed by atoms with van der Waals surface area (Å²) in [6, 6.07) is -0.0194. The molecule has 5 heteroatoms. The van der Waals surface area contributed by atoms with E-state index in [1.807, 2.05) is 7.05 Å². The summed E-state index contributed by atoms with van der Waals surface area (Å²) in [5.41, 5.74) is 0.141. The number of rotatable bonds is 4. The molecule has 1 N–H and O–H groups in total. The predicted molar refractivity (Wildman–Crippen MR) is 78.3 cm³/mol. The van der Waals surface area contributed by atoms with Crippen molar-refractivity contribution in [3.8, 4) is 0 Å². The van der Waals surface area contributed by atoms with Crippen LogP contribution in [0, 0.1) is 5.92 Å². The molecule has 0 aromatic heterocycles. The molecule has 3 unspecified atom stereocenters. The summed E-state index contributed by atoms with van der Waals surface area (Å²) in [5.74, 6) is -1.15. The van der Waals surface area contributed by atoms with Gasteiger partial charge in [0.05, 0.1) is 30.8 Å². The molecule has 1 spiro atoms. The van der Waals surface area contributed by atoms with Crippen LogP contribution in [0.3, 0.4) is 0 Å². The third-order valence-corrected chi connectivity index (χ3v) is 5.53. The third-order valence-electron chi connectivity index (χ3n) is 5.53. The van der Waals surface area contributed by atoms with E-state index in [2.05, 4.69) is 4.90 Å². The average molecular weight is 297 g/mol. The zero-order chi connectivity index (χ0) is 14.9. The fraction of sp³-hybridized carbons (Fsp3) is 0.938. The molecule has 2 saturated heterocycles. The SMILES string of the molecule is CN(CC1CCC2(CCCCC2)O1)C1COCC1C(=O)O. The summed E-state index contributed by atoms with van der Waals surface area (Å²) in [6.07, 6.45) is 8.87. The molecule has 0 radical (unpaired) electrons. The van der Waals surface area contributed by atoms with Crippen molar-refractivity contribution in [2.24, 2.45) is 5.92 Å². The maximum Gasteiger partial charge on any atom is 0.310 e. The fourth-order valence-electron chi connectivity index (χ4n) is 4.26. The second-order valence-electron chi connectivity index (χ2n) is 7.01. The van der Waals surface area contributed by atoms with Crippen molar-refractivity contribution in [3.05, 3.63) is 0 Å². The lowest BCUT2D eigenvalue weighted by Gasteiger charge is -2.34. The van der Waals surface area contributed by atoms with Gasteiger partial charge in [-0.15, -0.1) is 0 Å². The average Bonchev–Trinajstić information content (AvgIpc) is 3.07. The van der Waals surface area contributed by atoms with Crippen LogP contribution < -0.4 is 0 Å². The first-order valence-electron chi connectivity index (χ1n) is 8.28. The molecule has 21 heavy (non-hydrogen) atoms. The van der Waals surface area contributed by atoms with Crippen molar-refractivity contribution in [1.29, 1.82) is 0 Å². The van der Waals surface area contributed by atoms with E-state index in [-0.39, 0.29) is 17.7 Å². The minimum Gasteiger partial charge on any atom is -0.481 e. The molecular weight excluding hydrogens is 270 g/mol. The number of likely N-dealkylation sites (N-methyl/N-ethyl adjacent to an activating group) is 1. The minimum atomic E-state index is -0.750. The third kappa shape index (κ3) is 3.25. The second-order valence-corrected chi connectivity index (χ2v) is 7.01. The monoisotopic (exact) mass is 297 g/mol. The first-order valence-corrected chi connectivity index (χ1v) is 8.28. The fourth-order valence-corrected chi connectivity index (χ4v) is 4.26. The van der Waals surface area contributed by atoms with Gasteiger partial charge in [-0.1, -0.05) is 19.3 Å². The van der Waals surface area contributed by atoms with Gasteiger partial charge in [-0.05, 0) is 32.7 Å². The molecule has 1 saturated carbocycles. The van der Waals surface area contributed by atoms with Gasteiger partial charge in [-0.25, -0.2) is 0 Å². The van der Waals surface area contributed by atoms with Crippen molar-refractivity contribution >= 4 is 5.97 Å². The molecule has 2 heterocycles. The Hall–Kier alpha value is -0.650. The summed E-state index contributed by atoms with van der Waals surface area (Å²) in [4.78, 5) is 13.4. The topological polar surface area (TPSA) is 59.0 Å². The lowest BCUT2D eigenvalue weighted by atomic mass is 9.83. The lowest BCUT2D eigenvalue weighted by Crippen LogP contribution is -2.44. The standard InChI is InChI=1S/C16H27NO4/c1-17(14-11-20-10-13(14)15(18)19)9-12-5-8-16(21-12)6-3-2-4-7-16/h12-14H,2-11H2,1H3,(H,18,19). The lowest BCUT2D eigenvalue weighted by molar-refractivity contribution is -0.143. The molecule has 0 aromatic carbocycles. The summed E-state index contributed by atoms with van der Waals surface area (Å²) in [7, 11) is 2.00. The van der Waals surface area contributed by atoms with Crippen molar-refractivity contribution in [2.45, 2.75) is 62.7 Å². The van der Waals surface area contributed by atoms with Gasteiger partial charge in [-0.3, -0.25) is 9.69 Å². The Morgan fingerprint density at radius 2 is 2.00 bits per heavy atom. The van der Waals surface area contributed by atoms with Crippen LogP contribution in [-0.4, -0.2) is 60.5 Å². The zero-order valence-corrected chi connectivity index (χ0v) is 12.9. The Kier molecular flexibility index (Phi) is 4.52. The Morgan fingerprint density at radius 3 is 2.71 bits per heavy atom. The van der Waals surface area contributed by atoms with E-state index in [4.69, 9.17) is 9.47 Å². The number of carboxylic acid groups (broad SMARTS) is 1. The highest BCUT2D eigenvalue weighted by Gasteiger charge is 2.43. The minimum absolute atomic E-state index is 0.0194. The van der Waals surface area contributed by atoms with Crippen molar-refractivity contribution < 1.29 is 19.4 Å². The molecule has 0 bridgehead atoms. The molecule has 5 nitrogen and oxygen atoms in total. The normalized spacial score (nSPS) is 35.6. The molecule has 0 aromatic rings. The summed E-state index contributed by atoms with van der Waals surface area (Å²) < 4.78 is 11.7. The van der Waals surface area contributed by atoms with Crippen molar-refractivity contribution in [1.82, 2.24) is 4.90 Å². The zero-order valence-electron chi connectivity index (χ0n) is 12.9. The van der Waals surface area contributed by atoms with Gasteiger partial charge in [0.15, 0.2) is 0 Å². The van der Waals surface area contributed by atoms with Gasteiger partial charge in [-0.2, -0.15) is 0 Å². The Balaban J connectivity index is 1.53. The molecule has 2 aliphatic heterocycles. The molecule has 0 amide bonds. The highest BCUT2D eigenvalue weighted by molar-refractivity contribution is 5.71. The van der Waals surface area contributed by atoms with Gasteiger partial charge >= 0.3 is 5.97 Å². The van der Waals surface area contributed by atoms with Gasteiger partial charge in [0, 0.05) is 12.6 Å². The number of carbonyl (C=O) groups is 1. The predicted octanol–water partition coefficient (Wildman–Crippen LogP) is 1.90.